The average Bonchev–Trinajstić information content (AvgIpc) is 2.85. The second kappa shape index (κ2) is 6.81. The predicted molar refractivity (Wildman–Crippen MR) is 96.8 cm³/mol. The number of aryl methyl sites for hydroxylation is 1. The normalized spacial score (nSPS) is 11.3. The zero-order valence-corrected chi connectivity index (χ0v) is 14.7. The highest BCUT2D eigenvalue weighted by Crippen LogP contribution is 2.34. The monoisotopic (exact) mass is 380 g/mol. The molecule has 0 aliphatic heterocycles. The highest BCUT2D eigenvalue weighted by molar-refractivity contribution is 6.43. The fourth-order valence-electron chi connectivity index (χ4n) is 2.11. The molecule has 5 nitrogen and oxygen atoms in total. The molecule has 0 radical (unpaired) electrons. The average molecular weight is 382 g/mol. The summed E-state index contributed by atoms with van der Waals surface area (Å²) in [5.74, 6) is 0. The van der Waals surface area contributed by atoms with Crippen molar-refractivity contribution < 1.29 is 0 Å². The van der Waals surface area contributed by atoms with Crippen molar-refractivity contribution in [2.45, 2.75) is 6.92 Å². The van der Waals surface area contributed by atoms with Gasteiger partial charge in [-0.3, -0.25) is 9.89 Å². The van der Waals surface area contributed by atoms with Crippen LogP contribution in [0.4, 0.5) is 11.4 Å². The smallest absolute Gasteiger partial charge is 0.293 e. The molecule has 1 N–H and O–H groups in total. The summed E-state index contributed by atoms with van der Waals surface area (Å²) >= 11 is 17.9. The molecule has 0 saturated carbocycles. The number of nitrogens with one attached hydrogen (secondary N) is 1. The van der Waals surface area contributed by atoms with Crippen molar-refractivity contribution in [1.29, 1.82) is 0 Å². The van der Waals surface area contributed by atoms with Gasteiger partial charge in [-0.15, -0.1) is 10.2 Å². The Morgan fingerprint density at radius 2 is 1.62 bits per heavy atom. The molecular weight excluding hydrogens is 371 g/mol. The van der Waals surface area contributed by atoms with Crippen LogP contribution in [0, 0.1) is 6.92 Å². The fourth-order valence-corrected chi connectivity index (χ4v) is 2.69. The topological polar surface area (TPSA) is 62.5 Å². The van der Waals surface area contributed by atoms with Gasteiger partial charge in [0, 0.05) is 0 Å². The number of para-hydroxylation sites is 1. The molecule has 0 amide bonds. The molecule has 0 aliphatic rings. The van der Waals surface area contributed by atoms with Gasteiger partial charge in [0.2, 0.25) is 0 Å². The molecule has 0 atom stereocenters. The zero-order valence-electron chi connectivity index (χ0n) is 12.4. The molecule has 1 heterocycles. The van der Waals surface area contributed by atoms with E-state index >= 15 is 0 Å². The lowest BCUT2D eigenvalue weighted by Crippen LogP contribution is -2.13. The summed E-state index contributed by atoms with van der Waals surface area (Å²) in [4.78, 5) is 12.5. The van der Waals surface area contributed by atoms with Gasteiger partial charge in [-0.2, -0.15) is 0 Å². The molecule has 0 saturated heterocycles. The maximum atomic E-state index is 12.5. The van der Waals surface area contributed by atoms with Gasteiger partial charge < -0.3 is 0 Å². The minimum absolute atomic E-state index is 0.195. The molecule has 122 valence electrons. The molecule has 0 unspecified atom stereocenters. The summed E-state index contributed by atoms with van der Waals surface area (Å²) in [7, 11) is 0. The third-order valence-electron chi connectivity index (χ3n) is 3.30. The van der Waals surface area contributed by atoms with Gasteiger partial charge in [0.1, 0.15) is 5.69 Å². The quantitative estimate of drug-likeness (QED) is 0.449. The number of azo groups is 1. The van der Waals surface area contributed by atoms with Gasteiger partial charge in [0.15, 0.2) is 5.69 Å². The number of aromatic nitrogens is 2. The van der Waals surface area contributed by atoms with Crippen molar-refractivity contribution in [1.82, 2.24) is 9.78 Å². The largest absolute Gasteiger partial charge is 0.299 e. The Hall–Kier alpha value is -2.08. The Morgan fingerprint density at radius 1 is 0.958 bits per heavy atom. The highest BCUT2D eigenvalue weighted by Gasteiger charge is 2.12. The summed E-state index contributed by atoms with van der Waals surface area (Å²) in [5, 5.41) is 11.9. The number of hydrogen-bond acceptors (Lipinski definition) is 3. The van der Waals surface area contributed by atoms with E-state index in [1.807, 2.05) is 30.3 Å². The van der Waals surface area contributed by atoms with Crippen LogP contribution in [-0.4, -0.2) is 9.78 Å². The second-order valence-electron chi connectivity index (χ2n) is 4.98. The van der Waals surface area contributed by atoms with Crippen molar-refractivity contribution in [2.24, 2.45) is 10.2 Å². The third kappa shape index (κ3) is 3.24. The van der Waals surface area contributed by atoms with E-state index in [1.165, 1.54) is 16.8 Å². The SMILES string of the molecule is Cc1[nH]n(-c2ccccc2)c(=O)c1N=Nc1cc(Cl)c(Cl)cc1Cl. The summed E-state index contributed by atoms with van der Waals surface area (Å²) in [6, 6.07) is 12.2. The molecule has 3 aromatic rings. The molecule has 24 heavy (non-hydrogen) atoms. The Kier molecular flexibility index (Phi) is 4.76. The van der Waals surface area contributed by atoms with Crippen LogP contribution in [0.15, 0.2) is 57.5 Å². The van der Waals surface area contributed by atoms with Crippen LogP contribution in [0.3, 0.4) is 0 Å². The first kappa shape index (κ1) is 16.8. The van der Waals surface area contributed by atoms with Crippen LogP contribution in [0.5, 0.6) is 0 Å². The van der Waals surface area contributed by atoms with E-state index < -0.39 is 0 Å². The van der Waals surface area contributed by atoms with Gasteiger partial charge in [0.25, 0.3) is 5.56 Å². The van der Waals surface area contributed by atoms with Gasteiger partial charge in [0.05, 0.1) is 26.4 Å². The minimum atomic E-state index is -0.307. The molecule has 2 aromatic carbocycles. The van der Waals surface area contributed by atoms with Crippen LogP contribution in [0.1, 0.15) is 5.69 Å². The number of aromatic amines is 1. The van der Waals surface area contributed by atoms with Gasteiger partial charge in [-0.05, 0) is 31.2 Å². The number of rotatable bonds is 3. The van der Waals surface area contributed by atoms with E-state index in [4.69, 9.17) is 34.8 Å². The lowest BCUT2D eigenvalue weighted by atomic mass is 10.3. The van der Waals surface area contributed by atoms with Crippen molar-refractivity contribution >= 4 is 46.2 Å². The van der Waals surface area contributed by atoms with Crippen LogP contribution in [0.25, 0.3) is 5.69 Å². The van der Waals surface area contributed by atoms with Crippen molar-refractivity contribution in [3.8, 4) is 5.69 Å². The standard InChI is InChI=1S/C16H11Cl3N4O/c1-9-15(16(24)23(22-9)10-5-3-2-4-6-10)21-20-14-8-12(18)11(17)7-13(14)19/h2-8,22H,1H3. The van der Waals surface area contributed by atoms with E-state index in [1.54, 1.807) is 6.92 Å². The highest BCUT2D eigenvalue weighted by atomic mass is 35.5. The first-order valence-electron chi connectivity index (χ1n) is 6.90. The number of nitrogens with zero attached hydrogens (tertiary/aromatic N) is 3. The maximum Gasteiger partial charge on any atom is 0.299 e. The Balaban J connectivity index is 2.01. The van der Waals surface area contributed by atoms with E-state index in [9.17, 15) is 4.79 Å². The van der Waals surface area contributed by atoms with Crippen molar-refractivity contribution in [3.63, 3.8) is 0 Å². The molecule has 8 heteroatoms. The minimum Gasteiger partial charge on any atom is -0.293 e. The van der Waals surface area contributed by atoms with Crippen molar-refractivity contribution in [3.05, 3.63) is 73.6 Å². The number of benzene rings is 2. The molecule has 3 rings (SSSR count). The van der Waals surface area contributed by atoms with E-state index in [0.717, 1.165) is 0 Å². The van der Waals surface area contributed by atoms with Gasteiger partial charge in [-0.1, -0.05) is 53.0 Å². The number of H-pyrrole nitrogens is 1. The van der Waals surface area contributed by atoms with E-state index in [2.05, 4.69) is 15.3 Å². The molecule has 1 aromatic heterocycles. The van der Waals surface area contributed by atoms with E-state index in [0.29, 0.717) is 32.1 Å². The predicted octanol–water partition coefficient (Wildman–Crippen LogP) is 5.85. The lowest BCUT2D eigenvalue weighted by Gasteiger charge is -2.00. The molecule has 0 fully saturated rings. The van der Waals surface area contributed by atoms with Crippen molar-refractivity contribution in [2.75, 3.05) is 0 Å². The summed E-state index contributed by atoms with van der Waals surface area (Å²) < 4.78 is 1.40. The van der Waals surface area contributed by atoms with Crippen LogP contribution in [0.2, 0.25) is 15.1 Å². The summed E-state index contributed by atoms with van der Waals surface area (Å²) in [5.41, 5.74) is 1.51. The van der Waals surface area contributed by atoms with Gasteiger partial charge >= 0.3 is 0 Å². The van der Waals surface area contributed by atoms with Crippen LogP contribution >= 0.6 is 34.8 Å². The number of halogens is 3. The van der Waals surface area contributed by atoms with E-state index in [-0.39, 0.29) is 11.2 Å². The Labute approximate surface area is 152 Å². The zero-order chi connectivity index (χ0) is 17.3. The Bertz CT molecular complexity index is 977. The fraction of sp³-hybridized carbons (Fsp3) is 0.0625. The summed E-state index contributed by atoms with van der Waals surface area (Å²) in [6.45, 7) is 1.74. The van der Waals surface area contributed by atoms with Crippen LogP contribution < -0.4 is 5.56 Å². The lowest BCUT2D eigenvalue weighted by molar-refractivity contribution is 0.835. The summed E-state index contributed by atoms with van der Waals surface area (Å²) in [6.07, 6.45) is 0. The molecular formula is C16H11Cl3N4O. The van der Waals surface area contributed by atoms with Gasteiger partial charge in [-0.25, -0.2) is 4.68 Å². The maximum absolute atomic E-state index is 12.5. The molecule has 0 bridgehead atoms. The Morgan fingerprint density at radius 3 is 2.33 bits per heavy atom. The number of hydrogen-bond donors (Lipinski definition) is 1. The first-order valence-corrected chi connectivity index (χ1v) is 8.04. The molecule has 0 spiro atoms. The van der Waals surface area contributed by atoms with Crippen LogP contribution in [-0.2, 0) is 0 Å². The molecule has 0 aliphatic carbocycles. The third-order valence-corrected chi connectivity index (χ3v) is 4.33. The second-order valence-corrected chi connectivity index (χ2v) is 6.20. The first-order chi connectivity index (χ1) is 11.5.